The van der Waals surface area contributed by atoms with E-state index in [1.807, 2.05) is 35.2 Å². The van der Waals surface area contributed by atoms with E-state index in [4.69, 9.17) is 9.47 Å². The fourth-order valence-electron chi connectivity index (χ4n) is 3.31. The van der Waals surface area contributed by atoms with Gasteiger partial charge in [-0.05, 0) is 17.7 Å². The summed E-state index contributed by atoms with van der Waals surface area (Å²) in [6.45, 7) is 4.43. The Morgan fingerprint density at radius 2 is 1.60 bits per heavy atom. The first-order valence-corrected chi connectivity index (χ1v) is 8.73. The number of hydrogen-bond donors (Lipinski definition) is 0. The molecule has 0 spiro atoms. The predicted octanol–water partition coefficient (Wildman–Crippen LogP) is 2.17. The van der Waals surface area contributed by atoms with Gasteiger partial charge in [0, 0.05) is 32.7 Å². The van der Waals surface area contributed by atoms with Gasteiger partial charge in [0.2, 0.25) is 6.10 Å². The molecule has 2 heterocycles. The third-order valence-corrected chi connectivity index (χ3v) is 4.72. The van der Waals surface area contributed by atoms with Crippen LogP contribution < -0.4 is 9.47 Å². The van der Waals surface area contributed by atoms with Crippen molar-refractivity contribution in [2.24, 2.45) is 0 Å². The highest BCUT2D eigenvalue weighted by molar-refractivity contribution is 5.82. The van der Waals surface area contributed by atoms with Gasteiger partial charge in [-0.3, -0.25) is 9.69 Å². The van der Waals surface area contributed by atoms with Crippen molar-refractivity contribution < 1.29 is 14.3 Å². The number of nitrogens with zero attached hydrogens (tertiary/aromatic N) is 2. The topological polar surface area (TPSA) is 42.0 Å². The van der Waals surface area contributed by atoms with Crippen LogP contribution in [0.4, 0.5) is 0 Å². The number of carbonyl (C=O) groups excluding carboxylic acids is 1. The molecule has 1 saturated heterocycles. The molecule has 0 aromatic heterocycles. The van der Waals surface area contributed by atoms with Gasteiger partial charge in [0.1, 0.15) is 6.61 Å². The van der Waals surface area contributed by atoms with E-state index in [1.54, 1.807) is 0 Å². The number of ether oxygens (including phenoxy) is 2. The van der Waals surface area contributed by atoms with Crippen LogP contribution in [0, 0.1) is 0 Å². The first-order chi connectivity index (χ1) is 12.3. The summed E-state index contributed by atoms with van der Waals surface area (Å²) in [5.41, 5.74) is 1.31. The van der Waals surface area contributed by atoms with Crippen molar-refractivity contribution in [2.45, 2.75) is 12.6 Å². The molecule has 5 heteroatoms. The van der Waals surface area contributed by atoms with Gasteiger partial charge in [-0.25, -0.2) is 0 Å². The molecule has 0 bridgehead atoms. The molecule has 2 aliphatic rings. The molecule has 1 fully saturated rings. The van der Waals surface area contributed by atoms with Crippen molar-refractivity contribution in [3.8, 4) is 11.5 Å². The Kier molecular flexibility index (Phi) is 4.57. The molecule has 0 N–H and O–H groups in total. The molecular weight excluding hydrogens is 316 g/mol. The maximum absolute atomic E-state index is 12.7. The van der Waals surface area contributed by atoms with Gasteiger partial charge in [0.25, 0.3) is 5.91 Å². The van der Waals surface area contributed by atoms with Gasteiger partial charge in [0.05, 0.1) is 0 Å². The zero-order chi connectivity index (χ0) is 17.1. The normalized spacial score (nSPS) is 20.3. The summed E-state index contributed by atoms with van der Waals surface area (Å²) in [6, 6.07) is 17.9. The van der Waals surface area contributed by atoms with Gasteiger partial charge < -0.3 is 14.4 Å². The quantitative estimate of drug-likeness (QED) is 0.860. The average molecular weight is 338 g/mol. The lowest BCUT2D eigenvalue weighted by molar-refractivity contribution is -0.143. The molecule has 0 saturated carbocycles. The summed E-state index contributed by atoms with van der Waals surface area (Å²) in [5.74, 6) is 1.38. The highest BCUT2D eigenvalue weighted by atomic mass is 16.6. The van der Waals surface area contributed by atoms with E-state index in [-0.39, 0.29) is 12.5 Å². The summed E-state index contributed by atoms with van der Waals surface area (Å²) < 4.78 is 11.5. The van der Waals surface area contributed by atoms with Crippen LogP contribution in [0.2, 0.25) is 0 Å². The van der Waals surface area contributed by atoms with Crippen molar-refractivity contribution in [3.63, 3.8) is 0 Å². The number of hydrogen-bond acceptors (Lipinski definition) is 4. The van der Waals surface area contributed by atoms with Crippen molar-refractivity contribution in [1.29, 1.82) is 0 Å². The Morgan fingerprint density at radius 3 is 2.36 bits per heavy atom. The van der Waals surface area contributed by atoms with Crippen molar-refractivity contribution in [3.05, 3.63) is 60.2 Å². The number of carbonyl (C=O) groups is 1. The van der Waals surface area contributed by atoms with Crippen LogP contribution in [0.1, 0.15) is 5.56 Å². The molecule has 2 aromatic rings. The second-order valence-corrected chi connectivity index (χ2v) is 6.45. The third-order valence-electron chi connectivity index (χ3n) is 4.72. The summed E-state index contributed by atoms with van der Waals surface area (Å²) in [4.78, 5) is 17.0. The monoisotopic (exact) mass is 338 g/mol. The Labute approximate surface area is 147 Å². The number of para-hydroxylation sites is 2. The zero-order valence-corrected chi connectivity index (χ0v) is 14.1. The van der Waals surface area contributed by atoms with E-state index in [2.05, 4.69) is 29.2 Å². The van der Waals surface area contributed by atoms with E-state index in [1.165, 1.54) is 5.56 Å². The second kappa shape index (κ2) is 7.15. The highest BCUT2D eigenvalue weighted by Gasteiger charge is 2.32. The van der Waals surface area contributed by atoms with Gasteiger partial charge in [-0.1, -0.05) is 42.5 Å². The Balaban J connectivity index is 1.31. The van der Waals surface area contributed by atoms with Crippen molar-refractivity contribution in [2.75, 3.05) is 32.8 Å². The molecule has 0 aliphatic carbocycles. The summed E-state index contributed by atoms with van der Waals surface area (Å²) >= 11 is 0. The first kappa shape index (κ1) is 16.0. The summed E-state index contributed by atoms with van der Waals surface area (Å²) in [7, 11) is 0. The van der Waals surface area contributed by atoms with E-state index in [0.29, 0.717) is 11.5 Å². The van der Waals surface area contributed by atoms with Crippen LogP contribution in [-0.2, 0) is 11.3 Å². The maximum Gasteiger partial charge on any atom is 0.267 e. The standard InChI is InChI=1S/C20H22N2O3/c23-20(19-15-24-17-8-4-5-9-18(17)25-19)22-12-10-21(11-13-22)14-16-6-2-1-3-7-16/h1-9,19H,10-15H2/t19-/m0/s1. The number of piperazine rings is 1. The van der Waals surface area contributed by atoms with E-state index in [9.17, 15) is 4.79 Å². The van der Waals surface area contributed by atoms with Crippen molar-refractivity contribution in [1.82, 2.24) is 9.80 Å². The molecule has 0 radical (unpaired) electrons. The summed E-state index contributed by atoms with van der Waals surface area (Å²) in [5, 5.41) is 0. The van der Waals surface area contributed by atoms with Crippen LogP contribution in [-0.4, -0.2) is 54.6 Å². The van der Waals surface area contributed by atoms with E-state index < -0.39 is 6.10 Å². The van der Waals surface area contributed by atoms with Gasteiger partial charge in [-0.2, -0.15) is 0 Å². The Bertz CT molecular complexity index is 727. The molecular formula is C20H22N2O3. The molecule has 0 unspecified atom stereocenters. The van der Waals surface area contributed by atoms with Crippen molar-refractivity contribution >= 4 is 5.91 Å². The number of benzene rings is 2. The van der Waals surface area contributed by atoms with E-state index >= 15 is 0 Å². The molecule has 2 aromatic carbocycles. The minimum absolute atomic E-state index is 0.0221. The lowest BCUT2D eigenvalue weighted by atomic mass is 10.2. The molecule has 1 amide bonds. The van der Waals surface area contributed by atoms with Crippen LogP contribution in [0.15, 0.2) is 54.6 Å². The third kappa shape index (κ3) is 3.61. The van der Waals surface area contributed by atoms with Crippen LogP contribution >= 0.6 is 0 Å². The van der Waals surface area contributed by atoms with Gasteiger partial charge in [0.15, 0.2) is 11.5 Å². The fraction of sp³-hybridized carbons (Fsp3) is 0.350. The van der Waals surface area contributed by atoms with Crippen LogP contribution in [0.5, 0.6) is 11.5 Å². The predicted molar refractivity (Wildman–Crippen MR) is 94.7 cm³/mol. The average Bonchev–Trinajstić information content (AvgIpc) is 2.68. The molecule has 130 valence electrons. The minimum atomic E-state index is -0.546. The summed E-state index contributed by atoms with van der Waals surface area (Å²) in [6.07, 6.45) is -0.546. The lowest BCUT2D eigenvalue weighted by Crippen LogP contribution is -2.53. The van der Waals surface area contributed by atoms with Gasteiger partial charge in [-0.15, -0.1) is 0 Å². The Morgan fingerprint density at radius 1 is 0.920 bits per heavy atom. The minimum Gasteiger partial charge on any atom is -0.485 e. The smallest absolute Gasteiger partial charge is 0.267 e. The zero-order valence-electron chi connectivity index (χ0n) is 14.1. The van der Waals surface area contributed by atoms with Gasteiger partial charge >= 0.3 is 0 Å². The molecule has 1 atom stereocenters. The largest absolute Gasteiger partial charge is 0.485 e. The molecule has 2 aliphatic heterocycles. The molecule has 25 heavy (non-hydrogen) atoms. The second-order valence-electron chi connectivity index (χ2n) is 6.45. The van der Waals surface area contributed by atoms with E-state index in [0.717, 1.165) is 32.7 Å². The number of rotatable bonds is 3. The first-order valence-electron chi connectivity index (χ1n) is 8.73. The molecule has 4 rings (SSSR count). The highest BCUT2D eigenvalue weighted by Crippen LogP contribution is 2.31. The van der Waals surface area contributed by atoms with Crippen LogP contribution in [0.25, 0.3) is 0 Å². The van der Waals surface area contributed by atoms with Crippen LogP contribution in [0.3, 0.4) is 0 Å². The Hall–Kier alpha value is -2.53. The maximum atomic E-state index is 12.7. The SMILES string of the molecule is O=C([C@@H]1COc2ccccc2O1)N1CCN(Cc2ccccc2)CC1. The number of amides is 1. The fourth-order valence-corrected chi connectivity index (χ4v) is 3.31. The lowest BCUT2D eigenvalue weighted by Gasteiger charge is -2.37. The number of fused-ring (bicyclic) bond motifs is 1. The molecule has 5 nitrogen and oxygen atoms in total.